The van der Waals surface area contributed by atoms with Crippen molar-refractivity contribution in [3.63, 3.8) is 0 Å². The van der Waals surface area contributed by atoms with E-state index in [0.717, 1.165) is 82.6 Å². The molecule has 4 aliphatic carbocycles. The van der Waals surface area contributed by atoms with Crippen molar-refractivity contribution in [3.05, 3.63) is 46.6 Å². The van der Waals surface area contributed by atoms with Gasteiger partial charge < -0.3 is 23.7 Å². The molecule has 0 aromatic rings. The van der Waals surface area contributed by atoms with Crippen LogP contribution in [0.5, 0.6) is 0 Å². The van der Waals surface area contributed by atoms with Crippen LogP contribution in [-0.2, 0) is 47.7 Å². The van der Waals surface area contributed by atoms with E-state index in [9.17, 15) is 24.0 Å². The van der Waals surface area contributed by atoms with Crippen LogP contribution in [0.25, 0.3) is 0 Å². The Kier molecular flexibility index (Phi) is 18.1. The molecule has 0 N–H and O–H groups in total. The van der Waals surface area contributed by atoms with Gasteiger partial charge in [0.1, 0.15) is 26.4 Å². The van der Waals surface area contributed by atoms with Gasteiger partial charge in [-0.25, -0.2) is 0 Å². The summed E-state index contributed by atoms with van der Waals surface area (Å²) >= 11 is 0. The van der Waals surface area contributed by atoms with E-state index in [4.69, 9.17) is 23.7 Å². The summed E-state index contributed by atoms with van der Waals surface area (Å²) in [6, 6.07) is 0. The first-order chi connectivity index (χ1) is 28.8. The number of carbonyl (C=O) groups is 5. The lowest BCUT2D eigenvalue weighted by atomic mass is 9.46. The fourth-order valence-electron chi connectivity index (χ4n) is 11.7. The van der Waals surface area contributed by atoms with Crippen molar-refractivity contribution >= 4 is 29.8 Å². The zero-order chi connectivity index (χ0) is 45.0. The van der Waals surface area contributed by atoms with Gasteiger partial charge in [0.2, 0.25) is 0 Å². The number of ether oxygens (including phenoxy) is 5. The van der Waals surface area contributed by atoms with E-state index in [-0.39, 0.29) is 71.9 Å². The van der Waals surface area contributed by atoms with Gasteiger partial charge in [0, 0.05) is 17.8 Å². The molecule has 342 valence electrons. The lowest BCUT2D eigenvalue weighted by Gasteiger charge is -2.59. The summed E-state index contributed by atoms with van der Waals surface area (Å²) in [6.07, 6.45) is 20.5. The second-order valence-corrected chi connectivity index (χ2v) is 19.7. The van der Waals surface area contributed by atoms with E-state index in [1.165, 1.54) is 30.8 Å². The number of hydrogen-bond donors (Lipinski definition) is 0. The van der Waals surface area contributed by atoms with E-state index < -0.39 is 11.9 Å². The molecule has 0 aromatic carbocycles. The maximum absolute atomic E-state index is 13.2. The first kappa shape index (κ1) is 50.0. The van der Waals surface area contributed by atoms with Gasteiger partial charge in [-0.05, 0) is 151 Å². The summed E-state index contributed by atoms with van der Waals surface area (Å²) in [7, 11) is 1.32. The van der Waals surface area contributed by atoms with Gasteiger partial charge in [-0.2, -0.15) is 0 Å². The number of esters is 5. The first-order valence-electron chi connectivity index (χ1n) is 23.2. The average molecular weight is 851 g/mol. The van der Waals surface area contributed by atoms with Crippen molar-refractivity contribution in [1.82, 2.24) is 0 Å². The monoisotopic (exact) mass is 851 g/mol. The highest BCUT2D eigenvalue weighted by molar-refractivity contribution is 5.78. The first-order valence-corrected chi connectivity index (χ1v) is 23.2. The van der Waals surface area contributed by atoms with E-state index in [1.807, 2.05) is 12.2 Å². The van der Waals surface area contributed by atoms with Crippen LogP contribution in [0.15, 0.2) is 46.6 Å². The summed E-state index contributed by atoms with van der Waals surface area (Å²) in [6.45, 7) is 20.6. The van der Waals surface area contributed by atoms with Crippen LogP contribution in [0.4, 0.5) is 0 Å². The number of hydrogen-bond acceptors (Lipinski definition) is 10. The minimum atomic E-state index is -0.417. The van der Waals surface area contributed by atoms with Crippen LogP contribution in [0.1, 0.15) is 165 Å². The molecule has 10 nitrogen and oxygen atoms in total. The van der Waals surface area contributed by atoms with E-state index in [0.29, 0.717) is 43.5 Å². The molecule has 4 rings (SSSR count). The largest absolute Gasteiger partial charge is 0.469 e. The third-order valence-corrected chi connectivity index (χ3v) is 16.4. The third kappa shape index (κ3) is 12.3. The highest BCUT2D eigenvalue weighted by Crippen LogP contribution is 2.63. The molecule has 8 atom stereocenters. The fourth-order valence-corrected chi connectivity index (χ4v) is 11.7. The van der Waals surface area contributed by atoms with Crippen LogP contribution in [0, 0.1) is 45.3 Å². The number of rotatable bonds is 20. The topological polar surface area (TPSA) is 132 Å². The molecule has 4 aliphatic rings. The summed E-state index contributed by atoms with van der Waals surface area (Å²) in [5, 5.41) is 0. The molecule has 8 unspecified atom stereocenters. The molecule has 2 saturated carbocycles. The maximum Gasteiger partial charge on any atom is 0.306 e. The van der Waals surface area contributed by atoms with Gasteiger partial charge in [-0.1, -0.05) is 62.1 Å². The summed E-state index contributed by atoms with van der Waals surface area (Å²) in [5.74, 6) is -0.107. The second-order valence-electron chi connectivity index (χ2n) is 19.7. The van der Waals surface area contributed by atoms with E-state index in [1.54, 1.807) is 0 Å². The van der Waals surface area contributed by atoms with Crippen LogP contribution in [0.3, 0.4) is 0 Å². The molecule has 0 aliphatic heterocycles. The quantitative estimate of drug-likeness (QED) is 0.0662. The van der Waals surface area contributed by atoms with Gasteiger partial charge in [0.25, 0.3) is 0 Å². The standard InChI is InChI=1S/C51H78O10/c1-35(25-31-58-41(7)52)21-27-48(8)37(3)24-30-51(40(6)14-12-15-42(48)51)34-61-47(56)20-19-45(54)59-32-26-36(2)22-28-49(9)38(4)23-29-50(39(5)13-11-16-43(49)50)33-60-46(55)18-17-44(53)57-10/h13-14,25-26,37-38,42-43H,11-12,15-24,27-34H2,1-10H3. The molecule has 0 radical (unpaired) electrons. The minimum Gasteiger partial charge on any atom is -0.469 e. The number of carbonyl (C=O) groups excluding carboxylic acids is 5. The van der Waals surface area contributed by atoms with Crippen molar-refractivity contribution in [2.24, 2.45) is 45.3 Å². The van der Waals surface area contributed by atoms with Crippen LogP contribution >= 0.6 is 0 Å². The number of fused-ring (bicyclic) bond motifs is 2. The summed E-state index contributed by atoms with van der Waals surface area (Å²) < 4.78 is 27.3. The van der Waals surface area contributed by atoms with Crippen LogP contribution in [0.2, 0.25) is 0 Å². The van der Waals surface area contributed by atoms with Gasteiger partial charge >= 0.3 is 29.8 Å². The van der Waals surface area contributed by atoms with Crippen LogP contribution in [-0.4, -0.2) is 63.4 Å². The smallest absolute Gasteiger partial charge is 0.306 e. The van der Waals surface area contributed by atoms with E-state index >= 15 is 0 Å². The predicted octanol–water partition coefficient (Wildman–Crippen LogP) is 10.9. The molecule has 0 spiro atoms. The van der Waals surface area contributed by atoms with Crippen molar-refractivity contribution in [2.75, 3.05) is 33.5 Å². The van der Waals surface area contributed by atoms with Gasteiger partial charge in [0.05, 0.1) is 32.8 Å². The molecule has 0 amide bonds. The highest BCUT2D eigenvalue weighted by atomic mass is 16.5. The summed E-state index contributed by atoms with van der Waals surface area (Å²) in [5.41, 5.74) is 4.62. The van der Waals surface area contributed by atoms with Gasteiger partial charge in [-0.3, -0.25) is 24.0 Å². The molecule has 0 bridgehead atoms. The van der Waals surface area contributed by atoms with E-state index in [2.05, 4.69) is 67.5 Å². The minimum absolute atomic E-state index is 0.0150. The Bertz CT molecular complexity index is 1700. The normalized spacial score (nSPS) is 31.4. The Balaban J connectivity index is 1.27. The molecule has 2 fully saturated rings. The van der Waals surface area contributed by atoms with Gasteiger partial charge in [-0.15, -0.1) is 0 Å². The average Bonchev–Trinajstić information content (AvgIpc) is 3.22. The highest BCUT2D eigenvalue weighted by Gasteiger charge is 2.57. The molecule has 0 heterocycles. The van der Waals surface area contributed by atoms with Crippen molar-refractivity contribution < 1.29 is 47.7 Å². The fraction of sp³-hybridized carbons (Fsp3) is 0.745. The zero-order valence-corrected chi connectivity index (χ0v) is 39.3. The molecular formula is C51H78O10. The molecule has 10 heteroatoms. The third-order valence-electron chi connectivity index (χ3n) is 16.4. The Morgan fingerprint density at radius 3 is 1.39 bits per heavy atom. The van der Waals surface area contributed by atoms with Crippen molar-refractivity contribution in [3.8, 4) is 0 Å². The summed E-state index contributed by atoms with van der Waals surface area (Å²) in [4.78, 5) is 61.5. The molecule has 0 aromatic heterocycles. The molecular weight excluding hydrogens is 773 g/mol. The zero-order valence-electron chi connectivity index (χ0n) is 39.3. The van der Waals surface area contributed by atoms with Crippen LogP contribution < -0.4 is 0 Å². The Hall–Kier alpha value is -3.69. The Morgan fingerprint density at radius 1 is 0.590 bits per heavy atom. The van der Waals surface area contributed by atoms with Crippen molar-refractivity contribution in [2.45, 2.75) is 165 Å². The lowest BCUT2D eigenvalue weighted by molar-refractivity contribution is -0.157. The molecule has 61 heavy (non-hydrogen) atoms. The second kappa shape index (κ2) is 22.1. The number of methoxy groups -OCH3 is 1. The van der Waals surface area contributed by atoms with Crippen molar-refractivity contribution in [1.29, 1.82) is 0 Å². The maximum atomic E-state index is 13.2. The SMILES string of the molecule is COC(=O)CCC(=O)OCC12CCC(C)C(C)(CCC(C)=CCOC(=O)CCC(=O)OCC34CCC(C)C(C)(CCC(C)=CCOC(C)=O)C3CCC=C4C)C1CCC=C2C. The Morgan fingerprint density at radius 2 is 0.984 bits per heavy atom. The predicted molar refractivity (Wildman–Crippen MR) is 237 cm³/mol. The number of allylic oxidation sites excluding steroid dienone is 4. The van der Waals surface area contributed by atoms with Gasteiger partial charge in [0.15, 0.2) is 0 Å². The Labute approximate surface area is 367 Å². The molecule has 0 saturated heterocycles. The lowest BCUT2D eigenvalue weighted by Crippen LogP contribution is -2.53.